The average molecular weight is 167 g/mol. The molecule has 10 heavy (non-hydrogen) atoms. The highest BCUT2D eigenvalue weighted by molar-refractivity contribution is 6.63. The minimum absolute atomic E-state index is 0.132. The van der Waals surface area contributed by atoms with Gasteiger partial charge in [-0.3, -0.25) is 4.79 Å². The van der Waals surface area contributed by atoms with Crippen molar-refractivity contribution >= 4 is 22.8 Å². The number of nitrogens with two attached hydrogens (primary N) is 1. The van der Waals surface area contributed by atoms with Crippen LogP contribution in [0.25, 0.3) is 0 Å². The Labute approximate surface area is 63.2 Å². The number of hydrogen-bond acceptors (Lipinski definition) is 2. The van der Waals surface area contributed by atoms with Gasteiger partial charge in [-0.25, -0.2) is 4.79 Å². The van der Waals surface area contributed by atoms with E-state index in [9.17, 15) is 9.59 Å². The zero-order valence-electron chi connectivity index (χ0n) is 5.50. The van der Waals surface area contributed by atoms with Gasteiger partial charge in [0, 0.05) is 0 Å². The van der Waals surface area contributed by atoms with Gasteiger partial charge >= 0.3 is 5.97 Å². The van der Waals surface area contributed by atoms with E-state index in [0.29, 0.717) is 0 Å². The van der Waals surface area contributed by atoms with Gasteiger partial charge in [0.05, 0.1) is 13.5 Å². The molecular formula is C5H9ClNO3+. The number of carbonyl (C=O) groups is 2. The van der Waals surface area contributed by atoms with Crippen molar-refractivity contribution in [1.29, 1.82) is 0 Å². The Morgan fingerprint density at radius 2 is 2.20 bits per heavy atom. The third-order valence-corrected chi connectivity index (χ3v) is 1.25. The lowest BCUT2D eigenvalue weighted by Gasteiger charge is -2.02. The standard InChI is InChI=1S/C5H8ClNO3/c1-7-3(5(9)10)2-4(6)8/h3,7H,2H2,1H3,(H,9,10)/p+1. The summed E-state index contributed by atoms with van der Waals surface area (Å²) in [5, 5.41) is 9.19. The number of aliphatic carboxylic acids is 1. The average Bonchev–Trinajstić information content (AvgIpc) is 1.81. The van der Waals surface area contributed by atoms with E-state index in [1.54, 1.807) is 7.05 Å². The van der Waals surface area contributed by atoms with E-state index in [2.05, 4.69) is 0 Å². The number of carboxylic acids is 1. The van der Waals surface area contributed by atoms with Crippen LogP contribution in [0.3, 0.4) is 0 Å². The lowest BCUT2D eigenvalue weighted by Crippen LogP contribution is -2.88. The second kappa shape index (κ2) is 4.24. The minimum atomic E-state index is -1.02. The number of quaternary nitrogens is 1. The topological polar surface area (TPSA) is 71.0 Å². The molecule has 1 atom stereocenters. The van der Waals surface area contributed by atoms with Crippen LogP contribution in [0.1, 0.15) is 6.42 Å². The molecule has 5 heteroatoms. The fourth-order valence-electron chi connectivity index (χ4n) is 0.521. The summed E-state index contributed by atoms with van der Waals surface area (Å²) in [6.45, 7) is 0. The molecule has 0 saturated carbocycles. The van der Waals surface area contributed by atoms with Crippen LogP contribution >= 0.6 is 11.6 Å². The van der Waals surface area contributed by atoms with Crippen LogP contribution in [0.2, 0.25) is 0 Å². The molecule has 0 aromatic heterocycles. The second-order valence-corrected chi connectivity index (χ2v) is 2.26. The molecule has 0 rings (SSSR count). The summed E-state index contributed by atoms with van der Waals surface area (Å²) in [6, 6.07) is -0.745. The van der Waals surface area contributed by atoms with Crippen LogP contribution in [0, 0.1) is 0 Å². The Balaban J connectivity index is 3.83. The van der Waals surface area contributed by atoms with Gasteiger partial charge in [-0.1, -0.05) is 0 Å². The summed E-state index contributed by atoms with van der Waals surface area (Å²) in [5.74, 6) is -1.02. The van der Waals surface area contributed by atoms with Crippen molar-refractivity contribution in [2.45, 2.75) is 12.5 Å². The summed E-state index contributed by atoms with van der Waals surface area (Å²) in [6.07, 6.45) is -0.132. The number of hydrogen-bond donors (Lipinski definition) is 2. The monoisotopic (exact) mass is 166 g/mol. The molecule has 0 aromatic carbocycles. The third kappa shape index (κ3) is 3.42. The lowest BCUT2D eigenvalue weighted by atomic mass is 10.2. The Morgan fingerprint density at radius 1 is 1.70 bits per heavy atom. The van der Waals surface area contributed by atoms with Gasteiger partial charge in [0.15, 0.2) is 6.04 Å². The molecule has 0 heterocycles. The Bertz CT molecular complexity index is 148. The first kappa shape index (κ1) is 9.39. The third-order valence-electron chi connectivity index (χ3n) is 1.10. The summed E-state index contributed by atoms with van der Waals surface area (Å²) in [4.78, 5) is 20.4. The van der Waals surface area contributed by atoms with E-state index >= 15 is 0 Å². The zero-order valence-corrected chi connectivity index (χ0v) is 6.26. The molecule has 4 nitrogen and oxygen atoms in total. The van der Waals surface area contributed by atoms with Crippen molar-refractivity contribution in [2.75, 3.05) is 7.05 Å². The molecule has 1 unspecified atom stereocenters. The van der Waals surface area contributed by atoms with Crippen LogP contribution in [0.4, 0.5) is 0 Å². The molecule has 3 N–H and O–H groups in total. The molecule has 0 bridgehead atoms. The summed E-state index contributed by atoms with van der Waals surface area (Å²) in [5.41, 5.74) is 0. The van der Waals surface area contributed by atoms with Crippen LogP contribution in [-0.2, 0) is 9.59 Å². The van der Waals surface area contributed by atoms with Crippen molar-refractivity contribution in [3.8, 4) is 0 Å². The van der Waals surface area contributed by atoms with Crippen LogP contribution < -0.4 is 5.32 Å². The maximum absolute atomic E-state index is 10.2. The number of carbonyl (C=O) groups excluding carboxylic acids is 1. The minimum Gasteiger partial charge on any atom is -0.477 e. The summed E-state index contributed by atoms with van der Waals surface area (Å²) in [7, 11) is 1.58. The molecule has 0 aromatic rings. The molecule has 0 aliphatic rings. The first-order valence-electron chi connectivity index (χ1n) is 2.78. The van der Waals surface area contributed by atoms with Gasteiger partial charge < -0.3 is 10.4 Å². The quantitative estimate of drug-likeness (QED) is 0.515. The summed E-state index contributed by atoms with van der Waals surface area (Å²) < 4.78 is 0. The number of rotatable bonds is 4. The van der Waals surface area contributed by atoms with Crippen molar-refractivity contribution < 1.29 is 20.0 Å². The van der Waals surface area contributed by atoms with Gasteiger partial charge in [0.25, 0.3) is 0 Å². The fraction of sp³-hybridized carbons (Fsp3) is 0.600. The molecule has 0 saturated heterocycles. The van der Waals surface area contributed by atoms with Crippen molar-refractivity contribution in [3.63, 3.8) is 0 Å². The van der Waals surface area contributed by atoms with Crippen molar-refractivity contribution in [3.05, 3.63) is 0 Å². The van der Waals surface area contributed by atoms with E-state index in [1.165, 1.54) is 5.32 Å². The molecule has 0 radical (unpaired) electrons. The Kier molecular flexibility index (Phi) is 3.99. The molecule has 58 valence electrons. The smallest absolute Gasteiger partial charge is 0.362 e. The normalized spacial score (nSPS) is 12.6. The highest BCUT2D eigenvalue weighted by Gasteiger charge is 2.21. The van der Waals surface area contributed by atoms with Crippen LogP contribution in [-0.4, -0.2) is 29.4 Å². The maximum atomic E-state index is 10.2. The van der Waals surface area contributed by atoms with Gasteiger partial charge in [-0.2, -0.15) is 0 Å². The largest absolute Gasteiger partial charge is 0.477 e. The SMILES string of the molecule is C[NH2+]C(CC(=O)Cl)C(=O)O. The second-order valence-electron chi connectivity index (χ2n) is 1.84. The first-order chi connectivity index (χ1) is 4.57. The van der Waals surface area contributed by atoms with Gasteiger partial charge in [-0.05, 0) is 11.6 Å². The molecular weight excluding hydrogens is 158 g/mol. The number of likely N-dealkylation sites (N-methyl/N-ethyl adjacent to an activating group) is 1. The van der Waals surface area contributed by atoms with E-state index in [4.69, 9.17) is 16.7 Å². The van der Waals surface area contributed by atoms with E-state index in [0.717, 1.165) is 0 Å². The van der Waals surface area contributed by atoms with E-state index in [-0.39, 0.29) is 6.42 Å². The molecule has 0 spiro atoms. The van der Waals surface area contributed by atoms with Gasteiger partial charge in [0.1, 0.15) is 0 Å². The number of carboxylic acid groups (broad SMARTS) is 1. The van der Waals surface area contributed by atoms with Crippen LogP contribution in [0.5, 0.6) is 0 Å². The van der Waals surface area contributed by atoms with Crippen LogP contribution in [0.15, 0.2) is 0 Å². The molecule has 0 amide bonds. The first-order valence-corrected chi connectivity index (χ1v) is 3.16. The summed E-state index contributed by atoms with van der Waals surface area (Å²) >= 11 is 4.97. The number of halogens is 1. The van der Waals surface area contributed by atoms with Gasteiger partial charge in [0.2, 0.25) is 5.24 Å². The zero-order chi connectivity index (χ0) is 8.15. The lowest BCUT2D eigenvalue weighted by molar-refractivity contribution is -0.650. The Morgan fingerprint density at radius 3 is 2.30 bits per heavy atom. The highest BCUT2D eigenvalue weighted by atomic mass is 35.5. The fourth-order valence-corrected chi connectivity index (χ4v) is 0.687. The molecule has 0 aliphatic carbocycles. The van der Waals surface area contributed by atoms with E-state index < -0.39 is 17.3 Å². The maximum Gasteiger partial charge on any atom is 0.362 e. The predicted molar refractivity (Wildman–Crippen MR) is 34.8 cm³/mol. The Hall–Kier alpha value is -0.610. The van der Waals surface area contributed by atoms with E-state index in [1.807, 2.05) is 0 Å². The van der Waals surface area contributed by atoms with Crippen molar-refractivity contribution in [2.24, 2.45) is 0 Å². The molecule has 0 aliphatic heterocycles. The van der Waals surface area contributed by atoms with Crippen molar-refractivity contribution in [1.82, 2.24) is 0 Å². The highest BCUT2D eigenvalue weighted by Crippen LogP contribution is 1.91. The van der Waals surface area contributed by atoms with Gasteiger partial charge in [-0.15, -0.1) is 0 Å². The molecule has 0 fully saturated rings. The predicted octanol–water partition coefficient (Wildman–Crippen LogP) is -1.21.